The molecule has 0 N–H and O–H groups in total. The third kappa shape index (κ3) is 3.86. The van der Waals surface area contributed by atoms with Crippen LogP contribution in [0.15, 0.2) is 23.1 Å². The monoisotopic (exact) mass is 401 g/mol. The van der Waals surface area contributed by atoms with Gasteiger partial charge in [0.25, 0.3) is 0 Å². The molecule has 0 unspecified atom stereocenters. The smallest absolute Gasteiger partial charge is 0.354 e. The Morgan fingerprint density at radius 3 is 2.72 bits per heavy atom. The zero-order chi connectivity index (χ0) is 20.4. The number of fused-ring (bicyclic) bond motifs is 1. The van der Waals surface area contributed by atoms with Gasteiger partial charge in [0.2, 0.25) is 5.91 Å². The standard InChI is InChI=1S/C20H27N5O4/c1-29-19(27)16-6-5-11-23(16)15-8-12-22(13-9-15)18(26)14-25-20(28)24-10-4-2-3-7-17(24)21-25/h5-6,11,15H,2-4,7-10,12-14H2,1H3. The van der Waals surface area contributed by atoms with Crippen LogP contribution < -0.4 is 5.69 Å². The highest BCUT2D eigenvalue weighted by atomic mass is 16.5. The van der Waals surface area contributed by atoms with E-state index in [4.69, 9.17) is 4.74 Å². The van der Waals surface area contributed by atoms with Gasteiger partial charge in [-0.25, -0.2) is 14.3 Å². The Labute approximate surface area is 168 Å². The summed E-state index contributed by atoms with van der Waals surface area (Å²) in [6, 6.07) is 3.73. The number of piperidine rings is 1. The van der Waals surface area contributed by atoms with Crippen LogP contribution in [0.2, 0.25) is 0 Å². The molecule has 0 aromatic carbocycles. The number of carbonyl (C=O) groups is 2. The summed E-state index contributed by atoms with van der Waals surface area (Å²) in [7, 11) is 1.37. The first-order valence-corrected chi connectivity index (χ1v) is 10.3. The maximum atomic E-state index is 12.8. The van der Waals surface area contributed by atoms with Gasteiger partial charge in [0.1, 0.15) is 18.1 Å². The van der Waals surface area contributed by atoms with Crippen molar-refractivity contribution in [1.82, 2.24) is 23.8 Å². The second-order valence-electron chi connectivity index (χ2n) is 7.72. The van der Waals surface area contributed by atoms with Crippen molar-refractivity contribution >= 4 is 11.9 Å². The van der Waals surface area contributed by atoms with Gasteiger partial charge in [-0.1, -0.05) is 6.42 Å². The first-order valence-electron chi connectivity index (χ1n) is 10.3. The summed E-state index contributed by atoms with van der Waals surface area (Å²) < 4.78 is 9.81. The number of hydrogen-bond donors (Lipinski definition) is 0. The van der Waals surface area contributed by atoms with Crippen LogP contribution in [0, 0.1) is 0 Å². The second-order valence-corrected chi connectivity index (χ2v) is 7.72. The Morgan fingerprint density at radius 2 is 1.97 bits per heavy atom. The lowest BCUT2D eigenvalue weighted by molar-refractivity contribution is -0.133. The molecule has 0 radical (unpaired) electrons. The largest absolute Gasteiger partial charge is 0.464 e. The number of likely N-dealkylation sites (tertiary alicyclic amines) is 1. The van der Waals surface area contributed by atoms with Crippen LogP contribution in [0.4, 0.5) is 0 Å². The molecule has 0 spiro atoms. The van der Waals surface area contributed by atoms with Crippen molar-refractivity contribution in [1.29, 1.82) is 0 Å². The SMILES string of the molecule is COC(=O)c1cccn1C1CCN(C(=O)Cn2nc3n(c2=O)CCCCC3)CC1. The summed E-state index contributed by atoms with van der Waals surface area (Å²) in [5.74, 6) is 0.355. The number of rotatable bonds is 4. The van der Waals surface area contributed by atoms with Gasteiger partial charge in [-0.2, -0.15) is 5.10 Å². The molecule has 0 atom stereocenters. The molecule has 2 aromatic rings. The maximum absolute atomic E-state index is 12.8. The number of nitrogens with zero attached hydrogens (tertiary/aromatic N) is 5. The zero-order valence-electron chi connectivity index (χ0n) is 16.7. The van der Waals surface area contributed by atoms with Crippen molar-refractivity contribution < 1.29 is 14.3 Å². The fourth-order valence-electron chi connectivity index (χ4n) is 4.34. The van der Waals surface area contributed by atoms with E-state index in [9.17, 15) is 14.4 Å². The van der Waals surface area contributed by atoms with E-state index in [1.54, 1.807) is 15.5 Å². The molecule has 9 nitrogen and oxygen atoms in total. The Balaban J connectivity index is 1.38. The minimum absolute atomic E-state index is 0.0135. The molecule has 1 saturated heterocycles. The first kappa shape index (κ1) is 19.5. The second kappa shape index (κ2) is 8.26. The number of aromatic nitrogens is 4. The molecule has 156 valence electrons. The van der Waals surface area contributed by atoms with Crippen LogP contribution in [0.25, 0.3) is 0 Å². The third-order valence-corrected chi connectivity index (χ3v) is 5.95. The zero-order valence-corrected chi connectivity index (χ0v) is 16.7. The summed E-state index contributed by atoms with van der Waals surface area (Å²) in [6.45, 7) is 1.85. The lowest BCUT2D eigenvalue weighted by atomic mass is 10.0. The number of hydrogen-bond acceptors (Lipinski definition) is 5. The molecule has 0 saturated carbocycles. The highest BCUT2D eigenvalue weighted by Crippen LogP contribution is 2.25. The van der Waals surface area contributed by atoms with Crippen LogP contribution in [0.1, 0.15) is 54.5 Å². The quantitative estimate of drug-likeness (QED) is 0.719. The molecule has 4 heterocycles. The van der Waals surface area contributed by atoms with Crippen LogP contribution in [0.3, 0.4) is 0 Å². The summed E-state index contributed by atoms with van der Waals surface area (Å²) in [4.78, 5) is 39.0. The maximum Gasteiger partial charge on any atom is 0.354 e. The molecule has 1 amide bonds. The normalized spacial score (nSPS) is 17.6. The van der Waals surface area contributed by atoms with Crippen molar-refractivity contribution in [2.75, 3.05) is 20.2 Å². The fourth-order valence-corrected chi connectivity index (χ4v) is 4.34. The van der Waals surface area contributed by atoms with Crippen molar-refractivity contribution in [2.45, 2.75) is 57.7 Å². The van der Waals surface area contributed by atoms with Crippen molar-refractivity contribution in [3.63, 3.8) is 0 Å². The van der Waals surface area contributed by atoms with Gasteiger partial charge in [0.05, 0.1) is 7.11 Å². The molecule has 2 aliphatic heterocycles. The van der Waals surface area contributed by atoms with Gasteiger partial charge in [-0.3, -0.25) is 9.36 Å². The lowest BCUT2D eigenvalue weighted by Crippen LogP contribution is -2.42. The third-order valence-electron chi connectivity index (χ3n) is 5.95. The van der Waals surface area contributed by atoms with Crippen LogP contribution in [0.5, 0.6) is 0 Å². The van der Waals surface area contributed by atoms with Crippen LogP contribution in [-0.4, -0.2) is 55.9 Å². The van der Waals surface area contributed by atoms with Crippen LogP contribution >= 0.6 is 0 Å². The molecular formula is C20H27N5O4. The molecule has 2 aliphatic rings. The molecular weight excluding hydrogens is 374 g/mol. The number of carbonyl (C=O) groups excluding carboxylic acids is 2. The summed E-state index contributed by atoms with van der Waals surface area (Å²) >= 11 is 0. The molecule has 9 heteroatoms. The summed E-state index contributed by atoms with van der Waals surface area (Å²) in [5.41, 5.74) is 0.350. The van der Waals surface area contributed by atoms with E-state index in [1.165, 1.54) is 11.8 Å². The van der Waals surface area contributed by atoms with E-state index in [2.05, 4.69) is 5.10 Å². The van der Waals surface area contributed by atoms with E-state index < -0.39 is 0 Å². The van der Waals surface area contributed by atoms with Gasteiger partial charge >= 0.3 is 11.7 Å². The predicted octanol–water partition coefficient (Wildman–Crippen LogP) is 1.22. The average molecular weight is 401 g/mol. The molecule has 0 bridgehead atoms. The molecule has 1 fully saturated rings. The van der Waals surface area contributed by atoms with Crippen LogP contribution in [-0.2, 0) is 29.0 Å². The number of esters is 1. The van der Waals surface area contributed by atoms with Crippen molar-refractivity contribution in [2.24, 2.45) is 0 Å². The fraction of sp³-hybridized carbons (Fsp3) is 0.600. The highest BCUT2D eigenvalue weighted by molar-refractivity contribution is 5.87. The van der Waals surface area contributed by atoms with Gasteiger partial charge in [0, 0.05) is 38.3 Å². The van der Waals surface area contributed by atoms with E-state index >= 15 is 0 Å². The summed E-state index contributed by atoms with van der Waals surface area (Å²) in [6.07, 6.45) is 7.29. The predicted molar refractivity (Wildman–Crippen MR) is 105 cm³/mol. The molecule has 4 rings (SSSR count). The number of ether oxygens (including phenoxy) is 1. The molecule has 2 aromatic heterocycles. The lowest BCUT2D eigenvalue weighted by Gasteiger charge is -2.33. The van der Waals surface area contributed by atoms with Crippen molar-refractivity contribution in [3.8, 4) is 0 Å². The Bertz CT molecular complexity index is 948. The van der Waals surface area contributed by atoms with Crippen molar-refractivity contribution in [3.05, 3.63) is 40.3 Å². The van der Waals surface area contributed by atoms with E-state index in [0.717, 1.165) is 44.3 Å². The first-order chi connectivity index (χ1) is 14.1. The minimum Gasteiger partial charge on any atom is -0.464 e. The van der Waals surface area contributed by atoms with E-state index in [1.807, 2.05) is 16.8 Å². The van der Waals surface area contributed by atoms with E-state index in [-0.39, 0.29) is 30.2 Å². The highest BCUT2D eigenvalue weighted by Gasteiger charge is 2.27. The Morgan fingerprint density at radius 1 is 1.17 bits per heavy atom. The summed E-state index contributed by atoms with van der Waals surface area (Å²) in [5, 5.41) is 4.41. The van der Waals surface area contributed by atoms with Gasteiger partial charge in [-0.05, 0) is 37.8 Å². The van der Waals surface area contributed by atoms with Gasteiger partial charge < -0.3 is 14.2 Å². The molecule has 0 aliphatic carbocycles. The molecule has 29 heavy (non-hydrogen) atoms. The Kier molecular flexibility index (Phi) is 5.55. The topological polar surface area (TPSA) is 91.4 Å². The number of amides is 1. The van der Waals surface area contributed by atoms with E-state index in [0.29, 0.717) is 25.3 Å². The van der Waals surface area contributed by atoms with Gasteiger partial charge in [0.15, 0.2) is 0 Å². The Hall–Kier alpha value is -2.84. The minimum atomic E-state index is -0.354. The number of methoxy groups -OCH3 is 1. The number of aryl methyl sites for hydroxylation is 1. The van der Waals surface area contributed by atoms with Gasteiger partial charge in [-0.15, -0.1) is 0 Å². The average Bonchev–Trinajstić information content (AvgIpc) is 3.25.